The third-order valence-corrected chi connectivity index (χ3v) is 5.71. The van der Waals surface area contributed by atoms with E-state index in [-0.39, 0.29) is 5.11 Å². The molecule has 0 amide bonds. The smallest absolute Gasteiger partial charge is 0.433 e. The summed E-state index contributed by atoms with van der Waals surface area (Å²) >= 11 is 5.09. The topological polar surface area (TPSA) is 67.2 Å². The van der Waals surface area contributed by atoms with E-state index in [4.69, 9.17) is 16.6 Å². The molecule has 0 radical (unpaired) electrons. The molecule has 10 heteroatoms. The average molecular weight is 391 g/mol. The van der Waals surface area contributed by atoms with Crippen LogP contribution in [-0.2, 0) is 22.4 Å². The van der Waals surface area contributed by atoms with E-state index in [0.717, 1.165) is 12.3 Å². The van der Waals surface area contributed by atoms with Gasteiger partial charge in [-0.25, -0.2) is 4.21 Å². The molecule has 0 aromatic carbocycles. The molecule has 136 valence electrons. The molecule has 1 atom stereocenters. The molecule has 25 heavy (non-hydrogen) atoms. The second-order valence-electron chi connectivity index (χ2n) is 5.19. The molecule has 0 aliphatic rings. The minimum Gasteiger partial charge on any atom is -0.467 e. The van der Waals surface area contributed by atoms with Crippen molar-refractivity contribution < 1.29 is 21.8 Å². The van der Waals surface area contributed by atoms with Crippen molar-refractivity contribution in [2.24, 2.45) is 0 Å². The summed E-state index contributed by atoms with van der Waals surface area (Å²) in [6, 6.07) is 5.56. The van der Waals surface area contributed by atoms with E-state index in [0.29, 0.717) is 22.7 Å². The molecule has 0 aliphatic heterocycles. The second-order valence-corrected chi connectivity index (χ2v) is 8.11. The van der Waals surface area contributed by atoms with Gasteiger partial charge in [-0.15, -0.1) is 0 Å². The highest BCUT2D eigenvalue weighted by Gasteiger charge is 2.32. The molecule has 2 rings (SSSR count). The Labute approximate surface area is 148 Å². The normalized spacial score (nSPS) is 13.8. The van der Waals surface area contributed by atoms with Crippen LogP contribution in [0.25, 0.3) is 0 Å². The SMILES string of the molecule is CC(c1ccc(C(F)(F)F)nc1)=S(C)(=O)NC(=S)NCc1ccco1. The Kier molecular flexibility index (Phi) is 5.73. The molecule has 2 aromatic rings. The van der Waals surface area contributed by atoms with Gasteiger partial charge in [-0.3, -0.25) is 9.71 Å². The fourth-order valence-electron chi connectivity index (χ4n) is 1.86. The monoisotopic (exact) mass is 391 g/mol. The highest BCUT2D eigenvalue weighted by Crippen LogP contribution is 2.27. The number of aromatic nitrogens is 1. The predicted octanol–water partition coefficient (Wildman–Crippen LogP) is 2.73. The average Bonchev–Trinajstić information content (AvgIpc) is 3.04. The van der Waals surface area contributed by atoms with Gasteiger partial charge >= 0.3 is 6.18 Å². The minimum absolute atomic E-state index is 0.142. The maximum Gasteiger partial charge on any atom is 0.433 e. The van der Waals surface area contributed by atoms with Crippen LogP contribution in [0.3, 0.4) is 0 Å². The molecule has 0 aliphatic carbocycles. The van der Waals surface area contributed by atoms with Crippen molar-refractivity contribution in [2.75, 3.05) is 6.26 Å². The van der Waals surface area contributed by atoms with Crippen LogP contribution in [0.1, 0.15) is 23.9 Å². The zero-order valence-electron chi connectivity index (χ0n) is 13.4. The molecule has 0 saturated heterocycles. The van der Waals surface area contributed by atoms with Crippen LogP contribution in [0.2, 0.25) is 0 Å². The van der Waals surface area contributed by atoms with Crippen LogP contribution in [0.4, 0.5) is 13.2 Å². The van der Waals surface area contributed by atoms with E-state index in [1.807, 2.05) is 0 Å². The third kappa shape index (κ3) is 5.20. The van der Waals surface area contributed by atoms with E-state index < -0.39 is 21.6 Å². The van der Waals surface area contributed by atoms with Crippen LogP contribution in [0, 0.1) is 0 Å². The van der Waals surface area contributed by atoms with Crippen molar-refractivity contribution in [2.45, 2.75) is 19.6 Å². The lowest BCUT2D eigenvalue weighted by Gasteiger charge is -2.15. The summed E-state index contributed by atoms with van der Waals surface area (Å²) in [5.41, 5.74) is -0.669. The highest BCUT2D eigenvalue weighted by atomic mass is 32.2. The molecule has 0 bridgehead atoms. The number of halogens is 3. The van der Waals surface area contributed by atoms with Gasteiger partial charge in [0.15, 0.2) is 5.11 Å². The summed E-state index contributed by atoms with van der Waals surface area (Å²) in [5.74, 6) is 0.652. The maximum absolute atomic E-state index is 12.8. The summed E-state index contributed by atoms with van der Waals surface area (Å²) in [6.45, 7) is 1.87. The van der Waals surface area contributed by atoms with Crippen LogP contribution in [-0.4, -0.2) is 25.4 Å². The Hall–Kier alpha value is -2.07. The van der Waals surface area contributed by atoms with Crippen LogP contribution < -0.4 is 10.0 Å². The zero-order valence-corrected chi connectivity index (χ0v) is 15.0. The highest BCUT2D eigenvalue weighted by molar-refractivity contribution is 8.01. The second kappa shape index (κ2) is 7.44. The van der Waals surface area contributed by atoms with Crippen LogP contribution >= 0.6 is 12.2 Å². The quantitative estimate of drug-likeness (QED) is 0.620. The Morgan fingerprint density at radius 1 is 1.36 bits per heavy atom. The Balaban J connectivity index is 2.12. The van der Waals surface area contributed by atoms with Gasteiger partial charge in [0.05, 0.1) is 22.5 Å². The largest absolute Gasteiger partial charge is 0.467 e. The summed E-state index contributed by atoms with van der Waals surface area (Å²) in [4.78, 5) is 3.72. The molecule has 1 unspecified atom stereocenters. The van der Waals surface area contributed by atoms with Crippen molar-refractivity contribution in [1.82, 2.24) is 15.0 Å². The van der Waals surface area contributed by atoms with E-state index in [1.165, 1.54) is 18.6 Å². The standard InChI is InChI=1S/C15H16F3N3O2S2/c1-10(11-5-6-13(19-8-11)15(16,17)18)25(2,22)21-14(24)20-9-12-4-3-7-23-12/h3-8H,9H2,1-2H3,(H2,20,21,22,24). The summed E-state index contributed by atoms with van der Waals surface area (Å²) in [5, 5.41) is 2.99. The van der Waals surface area contributed by atoms with Crippen molar-refractivity contribution in [3.63, 3.8) is 0 Å². The molecule has 0 spiro atoms. The van der Waals surface area contributed by atoms with Crippen LogP contribution in [0.5, 0.6) is 0 Å². The van der Waals surface area contributed by atoms with Crippen molar-refractivity contribution >= 4 is 31.9 Å². The van der Waals surface area contributed by atoms with E-state index >= 15 is 0 Å². The zero-order chi connectivity index (χ0) is 18.7. The lowest BCUT2D eigenvalue weighted by molar-refractivity contribution is -0.141. The number of rotatable bonds is 4. The van der Waals surface area contributed by atoms with Gasteiger partial charge < -0.3 is 9.73 Å². The van der Waals surface area contributed by atoms with Gasteiger partial charge in [0, 0.05) is 22.9 Å². The predicted molar refractivity (Wildman–Crippen MR) is 94.4 cm³/mol. The molecule has 5 nitrogen and oxygen atoms in total. The number of hydrogen-bond donors (Lipinski definition) is 2. The van der Waals surface area contributed by atoms with Gasteiger partial charge in [-0.1, -0.05) is 6.07 Å². The first-order valence-electron chi connectivity index (χ1n) is 7.04. The number of thiocarbonyl (C=S) groups is 1. The van der Waals surface area contributed by atoms with E-state index in [9.17, 15) is 17.4 Å². The first kappa shape index (κ1) is 19.3. The lowest BCUT2D eigenvalue weighted by atomic mass is 10.2. The first-order valence-corrected chi connectivity index (χ1v) is 9.41. The van der Waals surface area contributed by atoms with Crippen molar-refractivity contribution in [3.05, 3.63) is 53.7 Å². The van der Waals surface area contributed by atoms with Crippen molar-refractivity contribution in [1.29, 1.82) is 0 Å². The number of furan rings is 1. The van der Waals surface area contributed by atoms with Gasteiger partial charge in [0.25, 0.3) is 0 Å². The number of nitrogens with one attached hydrogen (secondary N) is 2. The van der Waals surface area contributed by atoms with Gasteiger partial charge in [-0.2, -0.15) is 13.2 Å². The Morgan fingerprint density at radius 2 is 2.08 bits per heavy atom. The number of alkyl halides is 3. The maximum atomic E-state index is 12.8. The number of nitrogens with zero attached hydrogens (tertiary/aromatic N) is 1. The van der Waals surface area contributed by atoms with Gasteiger partial charge in [0.2, 0.25) is 0 Å². The Morgan fingerprint density at radius 3 is 2.60 bits per heavy atom. The number of hydrogen-bond acceptors (Lipinski definition) is 4. The third-order valence-electron chi connectivity index (χ3n) is 3.34. The molecule has 0 saturated carbocycles. The van der Waals surface area contributed by atoms with Gasteiger partial charge in [-0.05, 0) is 37.3 Å². The van der Waals surface area contributed by atoms with E-state index in [2.05, 4.69) is 15.0 Å². The molecular weight excluding hydrogens is 375 g/mol. The van der Waals surface area contributed by atoms with Gasteiger partial charge in [0.1, 0.15) is 11.5 Å². The Bertz CT molecular complexity index is 853. The summed E-state index contributed by atoms with van der Waals surface area (Å²) < 4.78 is 58.3. The van der Waals surface area contributed by atoms with Crippen molar-refractivity contribution in [3.8, 4) is 0 Å². The summed E-state index contributed by atoms with van der Waals surface area (Å²) in [6.07, 6.45) is -0.537. The fraction of sp³-hybridized carbons (Fsp3) is 0.267. The first-order chi connectivity index (χ1) is 11.6. The lowest BCUT2D eigenvalue weighted by Crippen LogP contribution is -2.40. The molecular formula is C15H16F3N3O2S2. The van der Waals surface area contributed by atoms with Crippen LogP contribution in [0.15, 0.2) is 41.1 Å². The fourth-order valence-corrected chi connectivity index (χ4v) is 3.56. The number of pyridine rings is 1. The molecule has 2 heterocycles. The summed E-state index contributed by atoms with van der Waals surface area (Å²) in [7, 11) is -2.79. The molecule has 2 N–H and O–H groups in total. The van der Waals surface area contributed by atoms with E-state index in [1.54, 1.807) is 19.1 Å². The minimum atomic E-state index is -4.52. The molecule has 2 aromatic heterocycles. The molecule has 0 fully saturated rings.